The van der Waals surface area contributed by atoms with Gasteiger partial charge in [-0.15, -0.1) is 0 Å². The molecule has 1 amide bonds. The molecule has 1 fully saturated rings. The number of carbonyl (C=O) groups excluding carboxylic acids is 1. The largest absolute Gasteiger partial charge is 0.326 e. The van der Waals surface area contributed by atoms with E-state index in [0.717, 1.165) is 16.6 Å². The van der Waals surface area contributed by atoms with Gasteiger partial charge in [0.15, 0.2) is 0 Å². The number of anilines is 1. The molecule has 0 radical (unpaired) electrons. The summed E-state index contributed by atoms with van der Waals surface area (Å²) in [5.41, 5.74) is 0.864. The van der Waals surface area contributed by atoms with Crippen molar-refractivity contribution in [2.45, 2.75) is 13.3 Å². The number of hydrogen-bond acceptors (Lipinski definition) is 1. The molecule has 2 atom stereocenters. The first-order valence-corrected chi connectivity index (χ1v) is 5.52. The zero-order valence-electron chi connectivity index (χ0n) is 7.96. The highest BCUT2D eigenvalue weighted by Crippen LogP contribution is 2.38. The van der Waals surface area contributed by atoms with Crippen molar-refractivity contribution < 1.29 is 4.79 Å². The Morgan fingerprint density at radius 1 is 1.57 bits per heavy atom. The molecular formula is C11H12BrNO. The SMILES string of the molecule is CC1CC1C(=O)Nc1cccc(Br)c1. The van der Waals surface area contributed by atoms with E-state index < -0.39 is 0 Å². The van der Waals surface area contributed by atoms with Crippen LogP contribution in [0.4, 0.5) is 5.69 Å². The topological polar surface area (TPSA) is 29.1 Å². The van der Waals surface area contributed by atoms with Crippen molar-refractivity contribution in [3.63, 3.8) is 0 Å². The number of hydrogen-bond donors (Lipinski definition) is 1. The summed E-state index contributed by atoms with van der Waals surface area (Å²) >= 11 is 3.37. The second-order valence-corrected chi connectivity index (χ2v) is 4.73. The average Bonchev–Trinajstić information content (AvgIpc) is 2.82. The van der Waals surface area contributed by atoms with Crippen LogP contribution in [0, 0.1) is 11.8 Å². The van der Waals surface area contributed by atoms with Gasteiger partial charge in [-0.25, -0.2) is 0 Å². The van der Waals surface area contributed by atoms with Gasteiger partial charge in [0.25, 0.3) is 0 Å². The Morgan fingerprint density at radius 3 is 2.86 bits per heavy atom. The second kappa shape index (κ2) is 3.73. The highest BCUT2D eigenvalue weighted by Gasteiger charge is 2.38. The quantitative estimate of drug-likeness (QED) is 0.863. The maximum Gasteiger partial charge on any atom is 0.227 e. The minimum atomic E-state index is 0.149. The van der Waals surface area contributed by atoms with Crippen LogP contribution in [0.2, 0.25) is 0 Å². The molecule has 1 aliphatic rings. The van der Waals surface area contributed by atoms with Crippen molar-refractivity contribution in [2.24, 2.45) is 11.8 Å². The number of amides is 1. The molecule has 0 bridgehead atoms. The van der Waals surface area contributed by atoms with Gasteiger partial charge in [0.2, 0.25) is 5.91 Å². The van der Waals surface area contributed by atoms with Crippen LogP contribution in [-0.4, -0.2) is 5.91 Å². The molecule has 2 nitrogen and oxygen atoms in total. The first-order chi connectivity index (χ1) is 6.66. The van der Waals surface area contributed by atoms with Crippen LogP contribution in [-0.2, 0) is 4.79 Å². The van der Waals surface area contributed by atoms with E-state index >= 15 is 0 Å². The molecule has 1 aliphatic carbocycles. The second-order valence-electron chi connectivity index (χ2n) is 3.82. The molecule has 1 saturated carbocycles. The third-order valence-corrected chi connectivity index (χ3v) is 3.03. The van der Waals surface area contributed by atoms with Gasteiger partial charge in [0, 0.05) is 16.1 Å². The number of nitrogens with one attached hydrogen (secondary N) is 1. The molecule has 1 N–H and O–H groups in total. The lowest BCUT2D eigenvalue weighted by atomic mass is 10.3. The van der Waals surface area contributed by atoms with Gasteiger partial charge < -0.3 is 5.32 Å². The number of carbonyl (C=O) groups is 1. The van der Waals surface area contributed by atoms with Gasteiger partial charge in [-0.2, -0.15) is 0 Å². The van der Waals surface area contributed by atoms with Crippen LogP contribution < -0.4 is 5.32 Å². The van der Waals surface area contributed by atoms with Gasteiger partial charge in [-0.05, 0) is 30.5 Å². The normalized spacial score (nSPS) is 24.4. The van der Waals surface area contributed by atoms with E-state index in [4.69, 9.17) is 0 Å². The smallest absolute Gasteiger partial charge is 0.227 e. The van der Waals surface area contributed by atoms with Gasteiger partial charge in [0.1, 0.15) is 0 Å². The monoisotopic (exact) mass is 253 g/mol. The predicted molar refractivity (Wildman–Crippen MR) is 60.0 cm³/mol. The van der Waals surface area contributed by atoms with Gasteiger partial charge in [-0.1, -0.05) is 28.9 Å². The van der Waals surface area contributed by atoms with Crippen LogP contribution in [0.5, 0.6) is 0 Å². The minimum absolute atomic E-state index is 0.149. The van der Waals surface area contributed by atoms with E-state index in [-0.39, 0.29) is 11.8 Å². The maximum atomic E-state index is 11.6. The third kappa shape index (κ3) is 2.15. The van der Waals surface area contributed by atoms with Crippen molar-refractivity contribution in [3.05, 3.63) is 28.7 Å². The summed E-state index contributed by atoms with van der Waals surface area (Å²) in [6.45, 7) is 2.10. The van der Waals surface area contributed by atoms with E-state index in [2.05, 4.69) is 28.2 Å². The van der Waals surface area contributed by atoms with Gasteiger partial charge >= 0.3 is 0 Å². The first-order valence-electron chi connectivity index (χ1n) is 4.73. The summed E-state index contributed by atoms with van der Waals surface area (Å²) in [5.74, 6) is 0.937. The van der Waals surface area contributed by atoms with Crippen LogP contribution in [0.15, 0.2) is 28.7 Å². The van der Waals surface area contributed by atoms with E-state index in [1.807, 2.05) is 24.3 Å². The average molecular weight is 254 g/mol. The molecular weight excluding hydrogens is 242 g/mol. The zero-order chi connectivity index (χ0) is 10.1. The number of benzene rings is 1. The van der Waals surface area contributed by atoms with Crippen LogP contribution in [0.3, 0.4) is 0 Å². The molecule has 74 valence electrons. The zero-order valence-corrected chi connectivity index (χ0v) is 9.54. The highest BCUT2D eigenvalue weighted by atomic mass is 79.9. The number of rotatable bonds is 2. The fourth-order valence-corrected chi connectivity index (χ4v) is 1.89. The summed E-state index contributed by atoms with van der Waals surface area (Å²) in [4.78, 5) is 11.6. The lowest BCUT2D eigenvalue weighted by Crippen LogP contribution is -2.14. The Hall–Kier alpha value is -0.830. The van der Waals surface area contributed by atoms with Crippen molar-refractivity contribution >= 4 is 27.5 Å². The molecule has 0 aromatic heterocycles. The van der Waals surface area contributed by atoms with Crippen LogP contribution in [0.1, 0.15) is 13.3 Å². The summed E-state index contributed by atoms with van der Waals surface area (Å²) < 4.78 is 0.985. The Kier molecular flexibility index (Phi) is 2.59. The summed E-state index contributed by atoms with van der Waals surface area (Å²) in [5, 5.41) is 2.91. The first kappa shape index (κ1) is 9.71. The lowest BCUT2D eigenvalue weighted by molar-refractivity contribution is -0.117. The van der Waals surface area contributed by atoms with Crippen LogP contribution >= 0.6 is 15.9 Å². The Balaban J connectivity index is 2.00. The maximum absolute atomic E-state index is 11.6. The highest BCUT2D eigenvalue weighted by molar-refractivity contribution is 9.10. The molecule has 0 aliphatic heterocycles. The Bertz CT molecular complexity index is 364. The minimum Gasteiger partial charge on any atom is -0.326 e. The van der Waals surface area contributed by atoms with Crippen LogP contribution in [0.25, 0.3) is 0 Å². The van der Waals surface area contributed by atoms with Crippen molar-refractivity contribution in [1.29, 1.82) is 0 Å². The van der Waals surface area contributed by atoms with Gasteiger partial charge in [0.05, 0.1) is 0 Å². The molecule has 0 spiro atoms. The molecule has 1 aromatic rings. The van der Waals surface area contributed by atoms with E-state index in [0.29, 0.717) is 5.92 Å². The van der Waals surface area contributed by atoms with E-state index in [1.54, 1.807) is 0 Å². The van der Waals surface area contributed by atoms with E-state index in [1.165, 1.54) is 0 Å². The Labute approximate surface area is 91.8 Å². The summed E-state index contributed by atoms with van der Waals surface area (Å²) in [6, 6.07) is 7.66. The fraction of sp³-hybridized carbons (Fsp3) is 0.364. The van der Waals surface area contributed by atoms with Crippen molar-refractivity contribution in [3.8, 4) is 0 Å². The van der Waals surface area contributed by atoms with Gasteiger partial charge in [-0.3, -0.25) is 4.79 Å². The predicted octanol–water partition coefficient (Wildman–Crippen LogP) is 3.04. The lowest BCUT2D eigenvalue weighted by Gasteiger charge is -2.04. The molecule has 2 unspecified atom stereocenters. The molecule has 0 saturated heterocycles. The standard InChI is InChI=1S/C11H12BrNO/c1-7-5-10(7)11(14)13-9-4-2-3-8(12)6-9/h2-4,6-7,10H,5H2,1H3,(H,13,14). The van der Waals surface area contributed by atoms with E-state index in [9.17, 15) is 4.79 Å². The molecule has 1 aromatic carbocycles. The molecule has 3 heteroatoms. The molecule has 14 heavy (non-hydrogen) atoms. The summed E-state index contributed by atoms with van der Waals surface area (Å²) in [7, 11) is 0. The Morgan fingerprint density at radius 2 is 2.29 bits per heavy atom. The molecule has 0 heterocycles. The third-order valence-electron chi connectivity index (χ3n) is 2.54. The summed E-state index contributed by atoms with van der Waals surface area (Å²) in [6.07, 6.45) is 1.03. The van der Waals surface area contributed by atoms with Crippen molar-refractivity contribution in [2.75, 3.05) is 5.32 Å². The molecule has 2 rings (SSSR count). The van der Waals surface area contributed by atoms with Crippen molar-refractivity contribution in [1.82, 2.24) is 0 Å². The fourth-order valence-electron chi connectivity index (χ4n) is 1.49. The number of halogens is 1.